The minimum absolute atomic E-state index is 0.0619. The first-order chi connectivity index (χ1) is 15.0. The number of benzene rings is 1. The van der Waals surface area contributed by atoms with Gasteiger partial charge in [0.25, 0.3) is 0 Å². The number of ether oxygens (including phenoxy) is 1. The summed E-state index contributed by atoms with van der Waals surface area (Å²) in [6, 6.07) is 9.02. The zero-order valence-corrected chi connectivity index (χ0v) is 19.0. The van der Waals surface area contributed by atoms with Crippen LogP contribution in [0.4, 0.5) is 5.69 Å². The summed E-state index contributed by atoms with van der Waals surface area (Å²) < 4.78 is 32.2. The van der Waals surface area contributed by atoms with Gasteiger partial charge in [-0.2, -0.15) is 4.31 Å². The number of amides is 1. The standard InChI is InChI=1S/C22H27N3O4S2/c26-21(15-24-9-7-20-19(8-14-30-20)22(24)16-1-2-16)23-17-3-5-18(6-4-17)31(27,28)25-10-12-29-13-11-25/h3-6,8,14,16,22H,1-2,7,9-13,15H2,(H,23,26). The minimum Gasteiger partial charge on any atom is -0.379 e. The highest BCUT2D eigenvalue weighted by Gasteiger charge is 2.40. The lowest BCUT2D eigenvalue weighted by molar-refractivity contribution is -0.118. The van der Waals surface area contributed by atoms with E-state index in [2.05, 4.69) is 21.7 Å². The number of rotatable bonds is 6. The largest absolute Gasteiger partial charge is 0.379 e. The molecular weight excluding hydrogens is 434 g/mol. The lowest BCUT2D eigenvalue weighted by Crippen LogP contribution is -2.41. The summed E-state index contributed by atoms with van der Waals surface area (Å²) in [5.74, 6) is 0.597. The second-order valence-electron chi connectivity index (χ2n) is 8.39. The zero-order valence-electron chi connectivity index (χ0n) is 17.3. The summed E-state index contributed by atoms with van der Waals surface area (Å²) >= 11 is 1.82. The number of nitrogens with zero attached hydrogens (tertiary/aromatic N) is 2. The van der Waals surface area contributed by atoms with Gasteiger partial charge in [-0.1, -0.05) is 0 Å². The number of thiophene rings is 1. The molecule has 2 fully saturated rings. The molecule has 1 saturated heterocycles. The molecule has 1 aromatic heterocycles. The van der Waals surface area contributed by atoms with E-state index in [1.54, 1.807) is 24.3 Å². The maximum atomic E-state index is 12.8. The number of fused-ring (bicyclic) bond motifs is 1. The van der Waals surface area contributed by atoms with Crippen molar-refractivity contribution in [3.8, 4) is 0 Å². The van der Waals surface area contributed by atoms with Crippen LogP contribution in [0.15, 0.2) is 40.6 Å². The van der Waals surface area contributed by atoms with Crippen molar-refractivity contribution in [1.82, 2.24) is 9.21 Å². The topological polar surface area (TPSA) is 79.0 Å². The van der Waals surface area contributed by atoms with Crippen LogP contribution in [0, 0.1) is 5.92 Å². The highest BCUT2D eigenvalue weighted by Crippen LogP contribution is 2.48. The van der Waals surface area contributed by atoms with Crippen LogP contribution >= 0.6 is 11.3 Å². The quantitative estimate of drug-likeness (QED) is 0.716. The monoisotopic (exact) mass is 461 g/mol. The molecule has 166 valence electrons. The zero-order chi connectivity index (χ0) is 21.4. The molecule has 1 saturated carbocycles. The Morgan fingerprint density at radius 2 is 1.84 bits per heavy atom. The van der Waals surface area contributed by atoms with E-state index in [9.17, 15) is 13.2 Å². The van der Waals surface area contributed by atoms with E-state index in [1.807, 2.05) is 11.3 Å². The molecule has 2 aromatic rings. The van der Waals surface area contributed by atoms with Crippen LogP contribution in [0.3, 0.4) is 0 Å². The fourth-order valence-corrected chi connectivity index (χ4v) is 6.89. The first-order valence-electron chi connectivity index (χ1n) is 10.8. The number of carbonyl (C=O) groups excluding carboxylic acids is 1. The lowest BCUT2D eigenvalue weighted by Gasteiger charge is -2.35. The van der Waals surface area contributed by atoms with Crippen LogP contribution < -0.4 is 5.32 Å². The highest BCUT2D eigenvalue weighted by atomic mass is 32.2. The molecule has 1 amide bonds. The Hall–Kier alpha value is -1.78. The average molecular weight is 462 g/mol. The number of hydrogen-bond acceptors (Lipinski definition) is 6. The van der Waals surface area contributed by atoms with E-state index in [1.165, 1.54) is 27.6 Å². The number of carbonyl (C=O) groups is 1. The maximum Gasteiger partial charge on any atom is 0.243 e. The molecule has 1 N–H and O–H groups in total. The molecule has 0 radical (unpaired) electrons. The second kappa shape index (κ2) is 8.63. The molecule has 9 heteroatoms. The van der Waals surface area contributed by atoms with Gasteiger partial charge >= 0.3 is 0 Å². The summed E-state index contributed by atoms with van der Waals surface area (Å²) in [5.41, 5.74) is 2.02. The van der Waals surface area contributed by atoms with Gasteiger partial charge in [0.15, 0.2) is 0 Å². The van der Waals surface area contributed by atoms with Gasteiger partial charge in [0.05, 0.1) is 24.7 Å². The summed E-state index contributed by atoms with van der Waals surface area (Å²) in [7, 11) is -3.53. The van der Waals surface area contributed by atoms with E-state index in [-0.39, 0.29) is 10.8 Å². The van der Waals surface area contributed by atoms with Crippen molar-refractivity contribution in [3.05, 3.63) is 46.2 Å². The van der Waals surface area contributed by atoms with Gasteiger partial charge in [-0.3, -0.25) is 9.69 Å². The molecule has 3 heterocycles. The third-order valence-electron chi connectivity index (χ3n) is 6.28. The van der Waals surface area contributed by atoms with Crippen molar-refractivity contribution in [1.29, 1.82) is 0 Å². The SMILES string of the molecule is O=C(CN1CCc2sccc2C1C1CC1)Nc1ccc(S(=O)(=O)N2CCOCC2)cc1. The molecule has 0 spiro atoms. The van der Waals surface area contributed by atoms with Crippen LogP contribution in [-0.2, 0) is 26.0 Å². The highest BCUT2D eigenvalue weighted by molar-refractivity contribution is 7.89. The predicted octanol–water partition coefficient (Wildman–Crippen LogP) is 2.72. The van der Waals surface area contributed by atoms with E-state index < -0.39 is 10.0 Å². The molecule has 1 aromatic carbocycles. The van der Waals surface area contributed by atoms with Gasteiger partial charge in [-0.25, -0.2) is 8.42 Å². The normalized spacial score (nSPS) is 22.8. The van der Waals surface area contributed by atoms with E-state index in [0.717, 1.165) is 13.0 Å². The van der Waals surface area contributed by atoms with Gasteiger partial charge in [-0.15, -0.1) is 11.3 Å². The maximum absolute atomic E-state index is 12.8. The van der Waals surface area contributed by atoms with Crippen molar-refractivity contribution in [2.45, 2.75) is 30.2 Å². The molecule has 1 atom stereocenters. The molecule has 1 aliphatic carbocycles. The number of hydrogen-bond donors (Lipinski definition) is 1. The van der Waals surface area contributed by atoms with Crippen molar-refractivity contribution in [2.24, 2.45) is 5.92 Å². The average Bonchev–Trinajstić information content (AvgIpc) is 3.50. The van der Waals surface area contributed by atoms with Gasteiger partial charge < -0.3 is 10.1 Å². The van der Waals surface area contributed by atoms with Crippen molar-refractivity contribution in [3.63, 3.8) is 0 Å². The van der Waals surface area contributed by atoms with Crippen molar-refractivity contribution >= 4 is 33.0 Å². The van der Waals surface area contributed by atoms with E-state index in [4.69, 9.17) is 4.74 Å². The number of sulfonamides is 1. The lowest BCUT2D eigenvalue weighted by atomic mass is 9.96. The van der Waals surface area contributed by atoms with Crippen LogP contribution in [0.5, 0.6) is 0 Å². The Kier molecular flexibility index (Phi) is 5.87. The van der Waals surface area contributed by atoms with Crippen LogP contribution in [0.2, 0.25) is 0 Å². The molecule has 3 aliphatic rings. The Morgan fingerprint density at radius 1 is 1.10 bits per heavy atom. The van der Waals surface area contributed by atoms with Gasteiger partial charge in [0.2, 0.25) is 15.9 Å². The van der Waals surface area contributed by atoms with Gasteiger partial charge in [-0.05, 0) is 66.5 Å². The molecule has 5 rings (SSSR count). The van der Waals surface area contributed by atoms with Gasteiger partial charge in [0, 0.05) is 36.2 Å². The third-order valence-corrected chi connectivity index (χ3v) is 9.19. The molecule has 7 nitrogen and oxygen atoms in total. The fraction of sp³-hybridized carbons (Fsp3) is 0.500. The minimum atomic E-state index is -3.53. The summed E-state index contributed by atoms with van der Waals surface area (Å²) in [6.45, 7) is 2.82. The molecule has 0 bridgehead atoms. The van der Waals surface area contributed by atoms with Crippen LogP contribution in [0.25, 0.3) is 0 Å². The molecule has 2 aliphatic heterocycles. The second-order valence-corrected chi connectivity index (χ2v) is 11.3. The smallest absolute Gasteiger partial charge is 0.243 e. The third kappa shape index (κ3) is 4.42. The summed E-state index contributed by atoms with van der Waals surface area (Å²) in [6.07, 6.45) is 3.46. The first-order valence-corrected chi connectivity index (χ1v) is 13.1. The van der Waals surface area contributed by atoms with E-state index >= 15 is 0 Å². The Morgan fingerprint density at radius 3 is 2.55 bits per heavy atom. The van der Waals surface area contributed by atoms with Crippen molar-refractivity contribution < 1.29 is 17.9 Å². The summed E-state index contributed by atoms with van der Waals surface area (Å²) in [4.78, 5) is 16.8. The van der Waals surface area contributed by atoms with Crippen molar-refractivity contribution in [2.75, 3.05) is 44.7 Å². The Bertz CT molecular complexity index is 1040. The van der Waals surface area contributed by atoms with E-state index in [0.29, 0.717) is 50.5 Å². The summed E-state index contributed by atoms with van der Waals surface area (Å²) in [5, 5.41) is 5.10. The van der Waals surface area contributed by atoms with Gasteiger partial charge in [0.1, 0.15) is 0 Å². The molecule has 31 heavy (non-hydrogen) atoms. The first kappa shape index (κ1) is 21.1. The Balaban J connectivity index is 1.23. The fourth-order valence-electron chi connectivity index (χ4n) is 4.57. The van der Waals surface area contributed by atoms with Crippen LogP contribution in [0.1, 0.15) is 29.3 Å². The number of morpholine rings is 1. The van der Waals surface area contributed by atoms with Crippen LogP contribution in [-0.4, -0.2) is 62.9 Å². The molecular formula is C22H27N3O4S2. The predicted molar refractivity (Wildman–Crippen MR) is 120 cm³/mol. The number of nitrogens with one attached hydrogen (secondary N) is 1. The number of anilines is 1. The molecule has 1 unspecified atom stereocenters. The Labute approximate surface area is 187 Å².